The lowest BCUT2D eigenvalue weighted by atomic mass is 10.1. The van der Waals surface area contributed by atoms with E-state index in [2.05, 4.69) is 0 Å². The first kappa shape index (κ1) is 12.5. The zero-order valence-electron chi connectivity index (χ0n) is 8.80. The summed E-state index contributed by atoms with van der Waals surface area (Å²) in [5, 5.41) is 17.9. The lowest BCUT2D eigenvalue weighted by Crippen LogP contribution is -2.12. The predicted octanol–water partition coefficient (Wildman–Crippen LogP) is 1.33. The second-order valence-corrected chi connectivity index (χ2v) is 6.95. The summed E-state index contributed by atoms with van der Waals surface area (Å²) in [4.78, 5) is 21.5. The maximum absolute atomic E-state index is 11.8. The highest BCUT2D eigenvalue weighted by atomic mass is 31.2. The van der Waals surface area contributed by atoms with Crippen LogP contribution in [0, 0.1) is 0 Å². The summed E-state index contributed by atoms with van der Waals surface area (Å²) in [7, 11) is -2.68. The second-order valence-electron chi connectivity index (χ2n) is 3.73. The van der Waals surface area contributed by atoms with Crippen LogP contribution in [-0.2, 0) is 4.57 Å². The van der Waals surface area contributed by atoms with Gasteiger partial charge in [-0.1, -0.05) is 0 Å². The van der Waals surface area contributed by atoms with Crippen molar-refractivity contribution in [2.45, 2.75) is 0 Å². The van der Waals surface area contributed by atoms with Crippen LogP contribution < -0.4 is 5.30 Å². The van der Waals surface area contributed by atoms with Gasteiger partial charge in [0, 0.05) is 5.30 Å². The number of hydrogen-bond donors (Lipinski definition) is 2. The van der Waals surface area contributed by atoms with Crippen molar-refractivity contribution in [1.82, 2.24) is 0 Å². The summed E-state index contributed by atoms with van der Waals surface area (Å²) in [5.41, 5.74) is -0.336. The van der Waals surface area contributed by atoms with Gasteiger partial charge in [0.25, 0.3) is 0 Å². The molecule has 0 aliphatic heterocycles. The Bertz CT molecular complexity index is 468. The number of aromatic carboxylic acids is 2. The van der Waals surface area contributed by atoms with E-state index in [4.69, 9.17) is 10.2 Å². The summed E-state index contributed by atoms with van der Waals surface area (Å²) < 4.78 is 11.8. The molecule has 1 rings (SSSR count). The molecule has 0 spiro atoms. The van der Waals surface area contributed by atoms with Crippen LogP contribution in [0.4, 0.5) is 0 Å². The molecule has 0 saturated carbocycles. The van der Waals surface area contributed by atoms with Crippen LogP contribution in [0.5, 0.6) is 0 Å². The van der Waals surface area contributed by atoms with E-state index in [-0.39, 0.29) is 16.4 Å². The fraction of sp³-hybridized carbons (Fsp3) is 0.200. The van der Waals surface area contributed by atoms with Gasteiger partial charge in [0.15, 0.2) is 0 Å². The Kier molecular flexibility index (Phi) is 3.19. The van der Waals surface area contributed by atoms with Crippen molar-refractivity contribution in [3.05, 3.63) is 29.3 Å². The van der Waals surface area contributed by atoms with E-state index in [0.29, 0.717) is 0 Å². The molecular weight excluding hydrogens is 231 g/mol. The van der Waals surface area contributed by atoms with Crippen LogP contribution in [0.2, 0.25) is 0 Å². The number of rotatable bonds is 3. The summed E-state index contributed by atoms with van der Waals surface area (Å²) in [6, 6.07) is 3.54. The molecule has 6 heteroatoms. The topological polar surface area (TPSA) is 91.7 Å². The Hall–Kier alpha value is -1.61. The molecule has 1 aromatic carbocycles. The number of benzene rings is 1. The Morgan fingerprint density at radius 3 is 1.62 bits per heavy atom. The van der Waals surface area contributed by atoms with E-state index in [1.807, 2.05) is 0 Å². The second kappa shape index (κ2) is 4.10. The maximum atomic E-state index is 11.8. The minimum atomic E-state index is -2.68. The van der Waals surface area contributed by atoms with Gasteiger partial charge in [-0.25, -0.2) is 9.59 Å². The average Bonchev–Trinajstić information content (AvgIpc) is 2.15. The van der Waals surface area contributed by atoms with Crippen molar-refractivity contribution in [2.75, 3.05) is 13.3 Å². The molecule has 0 bridgehead atoms. The van der Waals surface area contributed by atoms with E-state index in [0.717, 1.165) is 6.07 Å². The molecule has 0 atom stereocenters. The summed E-state index contributed by atoms with van der Waals surface area (Å²) in [6.07, 6.45) is 0. The molecule has 0 amide bonds. The SMILES string of the molecule is CP(C)(=O)c1cc(C(=O)O)cc(C(=O)O)c1. The molecule has 0 unspecified atom stereocenters. The van der Waals surface area contributed by atoms with Crippen molar-refractivity contribution in [3.8, 4) is 0 Å². The van der Waals surface area contributed by atoms with Gasteiger partial charge >= 0.3 is 11.9 Å². The highest BCUT2D eigenvalue weighted by Crippen LogP contribution is 2.35. The molecule has 16 heavy (non-hydrogen) atoms. The highest BCUT2D eigenvalue weighted by molar-refractivity contribution is 7.70. The van der Waals surface area contributed by atoms with E-state index < -0.39 is 19.1 Å². The largest absolute Gasteiger partial charge is 0.478 e. The van der Waals surface area contributed by atoms with Crippen LogP contribution in [0.1, 0.15) is 20.7 Å². The molecule has 0 aromatic heterocycles. The summed E-state index contributed by atoms with van der Waals surface area (Å²) in [5.74, 6) is -2.48. The smallest absolute Gasteiger partial charge is 0.335 e. The van der Waals surface area contributed by atoms with E-state index in [1.54, 1.807) is 0 Å². The van der Waals surface area contributed by atoms with Crippen LogP contribution in [-0.4, -0.2) is 35.5 Å². The molecule has 0 aliphatic carbocycles. The fourth-order valence-corrected chi connectivity index (χ4v) is 2.07. The third-order valence-corrected chi connectivity index (χ3v) is 3.54. The number of carbonyl (C=O) groups is 2. The lowest BCUT2D eigenvalue weighted by Gasteiger charge is -2.09. The van der Waals surface area contributed by atoms with Crippen LogP contribution in [0.3, 0.4) is 0 Å². The van der Waals surface area contributed by atoms with Crippen LogP contribution in [0.25, 0.3) is 0 Å². The number of carboxylic acids is 2. The van der Waals surface area contributed by atoms with Crippen molar-refractivity contribution >= 4 is 24.4 Å². The minimum Gasteiger partial charge on any atom is -0.478 e. The molecule has 0 aliphatic rings. The van der Waals surface area contributed by atoms with Gasteiger partial charge in [-0.15, -0.1) is 0 Å². The van der Waals surface area contributed by atoms with Crippen LogP contribution in [0.15, 0.2) is 18.2 Å². The Morgan fingerprint density at radius 2 is 1.38 bits per heavy atom. The van der Waals surface area contributed by atoms with Crippen molar-refractivity contribution in [2.24, 2.45) is 0 Å². The fourth-order valence-electron chi connectivity index (χ4n) is 1.17. The molecule has 0 radical (unpaired) electrons. The van der Waals surface area contributed by atoms with Gasteiger partial charge in [-0.05, 0) is 31.5 Å². The summed E-state index contributed by atoms with van der Waals surface area (Å²) in [6.45, 7) is 2.92. The van der Waals surface area contributed by atoms with Gasteiger partial charge in [-0.3, -0.25) is 0 Å². The summed E-state index contributed by atoms with van der Waals surface area (Å²) >= 11 is 0. The molecule has 0 heterocycles. The third kappa shape index (κ3) is 2.70. The number of hydrogen-bond acceptors (Lipinski definition) is 3. The normalized spacial score (nSPS) is 11.1. The molecule has 0 saturated heterocycles. The van der Waals surface area contributed by atoms with Crippen molar-refractivity contribution in [1.29, 1.82) is 0 Å². The lowest BCUT2D eigenvalue weighted by molar-refractivity contribution is 0.0696. The Morgan fingerprint density at radius 1 is 1.00 bits per heavy atom. The van der Waals surface area contributed by atoms with Crippen LogP contribution >= 0.6 is 7.14 Å². The average molecular weight is 242 g/mol. The quantitative estimate of drug-likeness (QED) is 0.780. The predicted molar refractivity (Wildman–Crippen MR) is 59.4 cm³/mol. The third-order valence-electron chi connectivity index (χ3n) is 2.03. The molecular formula is C10H11O5P. The van der Waals surface area contributed by atoms with Gasteiger partial charge in [0.05, 0.1) is 11.1 Å². The molecule has 2 N–H and O–H groups in total. The zero-order chi connectivity index (χ0) is 12.5. The van der Waals surface area contributed by atoms with Crippen molar-refractivity contribution in [3.63, 3.8) is 0 Å². The maximum Gasteiger partial charge on any atom is 0.335 e. The Labute approximate surface area is 92.1 Å². The highest BCUT2D eigenvalue weighted by Gasteiger charge is 2.17. The molecule has 0 fully saturated rings. The van der Waals surface area contributed by atoms with Gasteiger partial charge < -0.3 is 14.8 Å². The first-order valence-electron chi connectivity index (χ1n) is 4.39. The molecule has 1 aromatic rings. The monoisotopic (exact) mass is 242 g/mol. The minimum absolute atomic E-state index is 0.168. The Balaban J connectivity index is 3.48. The molecule has 5 nitrogen and oxygen atoms in total. The first-order chi connectivity index (χ1) is 7.21. The number of carboxylic acid groups (broad SMARTS) is 2. The zero-order valence-corrected chi connectivity index (χ0v) is 9.69. The van der Waals surface area contributed by atoms with E-state index >= 15 is 0 Å². The molecule has 86 valence electrons. The van der Waals surface area contributed by atoms with E-state index in [9.17, 15) is 14.2 Å². The van der Waals surface area contributed by atoms with E-state index in [1.165, 1.54) is 25.5 Å². The van der Waals surface area contributed by atoms with Gasteiger partial charge in [-0.2, -0.15) is 0 Å². The van der Waals surface area contributed by atoms with Crippen molar-refractivity contribution < 1.29 is 24.4 Å². The van der Waals surface area contributed by atoms with Gasteiger partial charge in [0.1, 0.15) is 7.14 Å². The van der Waals surface area contributed by atoms with Gasteiger partial charge in [0.2, 0.25) is 0 Å². The first-order valence-corrected chi connectivity index (χ1v) is 6.99. The standard InChI is InChI=1S/C10H11O5P/c1-16(2,15)8-4-6(9(11)12)3-7(5-8)10(13)14/h3-5H,1-2H3,(H,11,12)(H,13,14).